The van der Waals surface area contributed by atoms with Crippen LogP contribution in [0.1, 0.15) is 27.3 Å². The Labute approximate surface area is 161 Å². The first kappa shape index (κ1) is 19.1. The Morgan fingerprint density at radius 2 is 1.86 bits per heavy atom. The Bertz CT molecular complexity index is 1070. The van der Waals surface area contributed by atoms with Crippen LogP contribution in [0.4, 0.5) is 0 Å². The number of carboxylic acid groups (broad SMARTS) is 1. The Morgan fingerprint density at radius 1 is 1.14 bits per heavy atom. The Morgan fingerprint density at radius 3 is 2.46 bits per heavy atom. The van der Waals surface area contributed by atoms with Crippen LogP contribution in [-0.2, 0) is 6.54 Å². The Kier molecular flexibility index (Phi) is 5.39. The van der Waals surface area contributed by atoms with Crippen molar-refractivity contribution in [3.05, 3.63) is 75.5 Å². The lowest BCUT2D eigenvalue weighted by Gasteiger charge is -2.12. The number of carboxylic acids is 1. The highest BCUT2D eigenvalue weighted by Crippen LogP contribution is 2.23. The lowest BCUT2D eigenvalue weighted by Crippen LogP contribution is -2.25. The second-order valence-electron chi connectivity index (χ2n) is 6.20. The monoisotopic (exact) mass is 381 g/mol. The molecule has 0 saturated carbocycles. The van der Waals surface area contributed by atoms with Gasteiger partial charge >= 0.3 is 11.5 Å². The lowest BCUT2D eigenvalue weighted by molar-refractivity contribution is 0.0690. The molecule has 0 amide bonds. The minimum Gasteiger partial charge on any atom is -0.497 e. The van der Waals surface area contributed by atoms with E-state index in [0.29, 0.717) is 17.0 Å². The highest BCUT2D eigenvalue weighted by Gasteiger charge is 2.13. The first-order valence-electron chi connectivity index (χ1n) is 8.47. The molecule has 0 saturated heterocycles. The van der Waals surface area contributed by atoms with Crippen LogP contribution >= 0.6 is 0 Å². The fourth-order valence-electron chi connectivity index (χ4n) is 2.61. The number of methoxy groups -OCH3 is 1. The number of pyridine rings is 1. The molecule has 0 atom stereocenters. The van der Waals surface area contributed by atoms with Crippen LogP contribution in [-0.4, -0.2) is 33.0 Å². The van der Waals surface area contributed by atoms with Gasteiger partial charge in [0.1, 0.15) is 17.2 Å². The number of nitrogens with zero attached hydrogens (tertiary/aromatic N) is 3. The molecule has 0 fully saturated rings. The number of rotatable bonds is 6. The second-order valence-corrected chi connectivity index (χ2v) is 6.20. The minimum atomic E-state index is -1.13. The summed E-state index contributed by atoms with van der Waals surface area (Å²) in [6.07, 6.45) is 1.29. The summed E-state index contributed by atoms with van der Waals surface area (Å²) in [6, 6.07) is 10.3. The molecule has 3 rings (SSSR count). The maximum absolute atomic E-state index is 12.8. The molecule has 0 bridgehead atoms. The fraction of sp³-hybridized carbons (Fsp3) is 0.200. The summed E-state index contributed by atoms with van der Waals surface area (Å²) in [5.41, 5.74) is 1.56. The zero-order chi connectivity index (χ0) is 20.3. The van der Waals surface area contributed by atoms with E-state index in [4.69, 9.17) is 14.6 Å². The minimum absolute atomic E-state index is 0.0901. The van der Waals surface area contributed by atoms with Gasteiger partial charge in [-0.15, -0.1) is 0 Å². The molecule has 0 radical (unpaired) electrons. The number of aromatic carboxylic acids is 1. The number of ether oxygens (including phenoxy) is 2. The summed E-state index contributed by atoms with van der Waals surface area (Å²) in [4.78, 5) is 27.6. The first-order valence-corrected chi connectivity index (χ1v) is 8.47. The third-order valence-electron chi connectivity index (χ3n) is 4.06. The van der Waals surface area contributed by atoms with E-state index in [-0.39, 0.29) is 18.0 Å². The van der Waals surface area contributed by atoms with Crippen LogP contribution in [0.5, 0.6) is 17.2 Å². The molecule has 1 N–H and O–H groups in total. The number of hydrogen-bond donors (Lipinski definition) is 1. The molecule has 8 nitrogen and oxygen atoms in total. The van der Waals surface area contributed by atoms with Crippen LogP contribution in [0.3, 0.4) is 0 Å². The Hall–Kier alpha value is -3.68. The van der Waals surface area contributed by atoms with Gasteiger partial charge < -0.3 is 14.6 Å². The van der Waals surface area contributed by atoms with Crippen molar-refractivity contribution in [1.82, 2.24) is 14.8 Å². The van der Waals surface area contributed by atoms with Gasteiger partial charge in [-0.2, -0.15) is 5.10 Å². The van der Waals surface area contributed by atoms with Gasteiger partial charge in [0.15, 0.2) is 5.75 Å². The van der Waals surface area contributed by atoms with E-state index in [1.807, 2.05) is 24.3 Å². The summed E-state index contributed by atoms with van der Waals surface area (Å²) in [5, 5.41) is 13.3. The van der Waals surface area contributed by atoms with Crippen LogP contribution in [0.2, 0.25) is 0 Å². The average Bonchev–Trinajstić information content (AvgIpc) is 2.67. The molecule has 0 aliphatic heterocycles. The Balaban J connectivity index is 1.90. The molecule has 28 heavy (non-hydrogen) atoms. The molecule has 2 aromatic heterocycles. The highest BCUT2D eigenvalue weighted by molar-refractivity contribution is 5.85. The van der Waals surface area contributed by atoms with Gasteiger partial charge in [0.05, 0.1) is 25.5 Å². The van der Waals surface area contributed by atoms with Crippen molar-refractivity contribution in [3.63, 3.8) is 0 Å². The molecule has 3 aromatic rings. The highest BCUT2D eigenvalue weighted by atomic mass is 16.5. The molecule has 0 spiro atoms. The molecule has 0 aliphatic carbocycles. The first-order chi connectivity index (χ1) is 13.4. The van der Waals surface area contributed by atoms with Crippen LogP contribution in [0, 0.1) is 13.8 Å². The van der Waals surface area contributed by atoms with Gasteiger partial charge in [-0.3, -0.25) is 4.79 Å². The van der Waals surface area contributed by atoms with E-state index in [1.165, 1.54) is 23.0 Å². The number of aryl methyl sites for hydroxylation is 2. The van der Waals surface area contributed by atoms with Crippen molar-refractivity contribution in [2.45, 2.75) is 20.4 Å². The average molecular weight is 381 g/mol. The molecule has 144 valence electrons. The normalized spacial score (nSPS) is 10.5. The second kappa shape index (κ2) is 7.91. The summed E-state index contributed by atoms with van der Waals surface area (Å²) < 4.78 is 12.2. The van der Waals surface area contributed by atoms with E-state index in [1.54, 1.807) is 21.0 Å². The topological polar surface area (TPSA) is 104 Å². The number of hydrogen-bond acceptors (Lipinski definition) is 6. The van der Waals surface area contributed by atoms with Gasteiger partial charge in [-0.25, -0.2) is 14.5 Å². The fourth-order valence-corrected chi connectivity index (χ4v) is 2.61. The smallest absolute Gasteiger partial charge is 0.354 e. The van der Waals surface area contributed by atoms with Crippen molar-refractivity contribution in [2.75, 3.05) is 7.11 Å². The summed E-state index contributed by atoms with van der Waals surface area (Å²) in [6.45, 7) is 3.72. The predicted molar refractivity (Wildman–Crippen MR) is 101 cm³/mol. The SMILES string of the molecule is COc1ccc(Cn2nc(C)cc(Oc3cnc(C(=O)O)cc3C)c2=O)cc1. The standard InChI is InChI=1S/C20H19N3O5/c1-12-8-16(20(25)26)21-10-18(12)28-17-9-13(2)22-23(19(17)24)11-14-4-6-15(27-3)7-5-14/h4-10H,11H2,1-3H3,(H,25,26). The largest absolute Gasteiger partial charge is 0.497 e. The van der Waals surface area contributed by atoms with Crippen molar-refractivity contribution >= 4 is 5.97 Å². The summed E-state index contributed by atoms with van der Waals surface area (Å²) >= 11 is 0. The maximum Gasteiger partial charge on any atom is 0.354 e. The molecule has 8 heteroatoms. The van der Waals surface area contributed by atoms with E-state index < -0.39 is 11.5 Å². The van der Waals surface area contributed by atoms with Crippen molar-refractivity contribution < 1.29 is 19.4 Å². The molecular weight excluding hydrogens is 362 g/mol. The molecule has 1 aromatic carbocycles. The summed E-state index contributed by atoms with van der Waals surface area (Å²) in [7, 11) is 1.59. The zero-order valence-corrected chi connectivity index (χ0v) is 15.7. The molecular formula is C20H19N3O5. The van der Waals surface area contributed by atoms with Crippen molar-refractivity contribution in [3.8, 4) is 17.2 Å². The molecule has 0 aliphatic rings. The number of aromatic nitrogens is 3. The maximum atomic E-state index is 12.8. The molecule has 2 heterocycles. The third kappa shape index (κ3) is 4.17. The zero-order valence-electron chi connectivity index (χ0n) is 15.7. The van der Waals surface area contributed by atoms with Crippen LogP contribution < -0.4 is 15.0 Å². The number of carbonyl (C=O) groups is 1. The van der Waals surface area contributed by atoms with E-state index >= 15 is 0 Å². The van der Waals surface area contributed by atoms with Crippen molar-refractivity contribution in [1.29, 1.82) is 0 Å². The van der Waals surface area contributed by atoms with E-state index in [2.05, 4.69) is 10.1 Å². The number of benzene rings is 1. The van der Waals surface area contributed by atoms with E-state index in [0.717, 1.165) is 11.3 Å². The molecule has 0 unspecified atom stereocenters. The third-order valence-corrected chi connectivity index (χ3v) is 4.06. The van der Waals surface area contributed by atoms with Gasteiger partial charge in [-0.05, 0) is 43.2 Å². The van der Waals surface area contributed by atoms with Crippen LogP contribution in [0.25, 0.3) is 0 Å². The van der Waals surface area contributed by atoms with Crippen molar-refractivity contribution in [2.24, 2.45) is 0 Å². The quantitative estimate of drug-likeness (QED) is 0.700. The van der Waals surface area contributed by atoms with Crippen LogP contribution in [0.15, 0.2) is 47.4 Å². The van der Waals surface area contributed by atoms with Gasteiger partial charge in [0, 0.05) is 6.07 Å². The van der Waals surface area contributed by atoms with Gasteiger partial charge in [0.25, 0.3) is 0 Å². The lowest BCUT2D eigenvalue weighted by atomic mass is 10.2. The van der Waals surface area contributed by atoms with Gasteiger partial charge in [-0.1, -0.05) is 12.1 Å². The summed E-state index contributed by atoms with van der Waals surface area (Å²) in [5.74, 6) is -0.000888. The predicted octanol–water partition coefficient (Wildman–Crippen LogP) is 2.80. The van der Waals surface area contributed by atoms with Gasteiger partial charge in [0.2, 0.25) is 0 Å². The van der Waals surface area contributed by atoms with E-state index in [9.17, 15) is 9.59 Å².